The fraction of sp³-hybridized carbons (Fsp3) is 0.154. The minimum atomic E-state index is -4.46. The molecule has 0 bridgehead atoms. The Kier molecular flexibility index (Phi) is 3.32. The second kappa shape index (κ2) is 4.78. The van der Waals surface area contributed by atoms with Crippen molar-refractivity contribution in [2.45, 2.75) is 12.7 Å². The lowest BCUT2D eigenvalue weighted by Crippen LogP contribution is -2.03. The predicted molar refractivity (Wildman–Crippen MR) is 63.4 cm³/mol. The molecule has 0 aliphatic carbocycles. The average Bonchev–Trinajstić information content (AvgIpc) is 2.83. The Morgan fingerprint density at radius 3 is 2.32 bits per heavy atom. The van der Waals surface area contributed by atoms with Crippen LogP contribution in [-0.2, 0) is 12.7 Å². The van der Waals surface area contributed by atoms with Crippen molar-refractivity contribution in [3.8, 4) is 11.8 Å². The number of nitrogens with zero attached hydrogens (tertiary/aromatic N) is 2. The number of hydrogen-bond donors (Lipinski definition) is 1. The monoisotopic (exact) mass is 265 g/mol. The van der Waals surface area contributed by atoms with E-state index in [0.717, 1.165) is 17.8 Å². The van der Waals surface area contributed by atoms with E-state index in [2.05, 4.69) is 0 Å². The van der Waals surface area contributed by atoms with Crippen molar-refractivity contribution in [1.82, 2.24) is 4.57 Å². The second-order valence-electron chi connectivity index (χ2n) is 3.96. The van der Waals surface area contributed by atoms with Crippen LogP contribution in [0.15, 0.2) is 36.5 Å². The highest BCUT2D eigenvalue weighted by atomic mass is 19.4. The van der Waals surface area contributed by atoms with E-state index in [9.17, 15) is 13.2 Å². The van der Waals surface area contributed by atoms with Crippen molar-refractivity contribution in [3.63, 3.8) is 0 Å². The SMILES string of the molecule is N#Cc1cc(C(F)(F)F)cn1-c1ccc(CN)cc1. The molecule has 1 aromatic heterocycles. The summed E-state index contributed by atoms with van der Waals surface area (Å²) in [5.41, 5.74) is 5.90. The van der Waals surface area contributed by atoms with Crippen LogP contribution in [0.1, 0.15) is 16.8 Å². The number of aromatic nitrogens is 1. The van der Waals surface area contributed by atoms with Gasteiger partial charge >= 0.3 is 6.18 Å². The summed E-state index contributed by atoms with van der Waals surface area (Å²) in [6.45, 7) is 0.352. The molecule has 0 saturated heterocycles. The van der Waals surface area contributed by atoms with E-state index in [4.69, 9.17) is 11.0 Å². The molecule has 0 amide bonds. The smallest absolute Gasteiger partial charge is 0.326 e. The van der Waals surface area contributed by atoms with Crippen molar-refractivity contribution in [3.05, 3.63) is 53.3 Å². The number of nitrogens with two attached hydrogens (primary N) is 1. The summed E-state index contributed by atoms with van der Waals surface area (Å²) in [6, 6.07) is 9.26. The normalized spacial score (nSPS) is 11.3. The number of nitriles is 1. The molecule has 6 heteroatoms. The van der Waals surface area contributed by atoms with Gasteiger partial charge in [-0.05, 0) is 23.8 Å². The average molecular weight is 265 g/mol. The fourth-order valence-corrected chi connectivity index (χ4v) is 1.71. The summed E-state index contributed by atoms with van der Waals surface area (Å²) in [6.07, 6.45) is -3.55. The highest BCUT2D eigenvalue weighted by Gasteiger charge is 2.32. The lowest BCUT2D eigenvalue weighted by atomic mass is 10.2. The molecule has 0 unspecified atom stereocenters. The first-order chi connectivity index (χ1) is 8.95. The molecular formula is C13H10F3N3. The highest BCUT2D eigenvalue weighted by Crippen LogP contribution is 2.31. The molecule has 1 aromatic carbocycles. The summed E-state index contributed by atoms with van der Waals surface area (Å²) in [5, 5.41) is 8.90. The third kappa shape index (κ3) is 2.61. The van der Waals surface area contributed by atoms with Crippen LogP contribution < -0.4 is 5.73 Å². The van der Waals surface area contributed by atoms with Gasteiger partial charge in [0.2, 0.25) is 0 Å². The number of halogens is 3. The van der Waals surface area contributed by atoms with Crippen LogP contribution >= 0.6 is 0 Å². The molecule has 2 aromatic rings. The van der Waals surface area contributed by atoms with Gasteiger partial charge in [-0.1, -0.05) is 12.1 Å². The molecular weight excluding hydrogens is 255 g/mol. The van der Waals surface area contributed by atoms with Gasteiger partial charge in [0.15, 0.2) is 0 Å². The summed E-state index contributed by atoms with van der Waals surface area (Å²) >= 11 is 0. The lowest BCUT2D eigenvalue weighted by Gasteiger charge is -2.06. The van der Waals surface area contributed by atoms with Gasteiger partial charge in [0.25, 0.3) is 0 Å². The van der Waals surface area contributed by atoms with Crippen molar-refractivity contribution in [2.75, 3.05) is 0 Å². The van der Waals surface area contributed by atoms with Gasteiger partial charge in [-0.2, -0.15) is 18.4 Å². The van der Waals surface area contributed by atoms with Crippen LogP contribution in [0.25, 0.3) is 5.69 Å². The molecule has 98 valence electrons. The van der Waals surface area contributed by atoms with Gasteiger partial charge < -0.3 is 10.3 Å². The van der Waals surface area contributed by atoms with Crippen molar-refractivity contribution >= 4 is 0 Å². The van der Waals surface area contributed by atoms with Crippen LogP contribution in [0, 0.1) is 11.3 Å². The number of benzene rings is 1. The first kappa shape index (κ1) is 13.2. The molecule has 0 spiro atoms. The zero-order valence-electron chi connectivity index (χ0n) is 9.78. The molecule has 2 N–H and O–H groups in total. The Hall–Kier alpha value is -2.26. The van der Waals surface area contributed by atoms with E-state index < -0.39 is 11.7 Å². The number of alkyl halides is 3. The molecule has 0 fully saturated rings. The Bertz CT molecular complexity index is 618. The number of hydrogen-bond acceptors (Lipinski definition) is 2. The van der Waals surface area contributed by atoms with Crippen LogP contribution in [0.4, 0.5) is 13.2 Å². The van der Waals surface area contributed by atoms with E-state index in [-0.39, 0.29) is 5.69 Å². The molecule has 2 rings (SSSR count). The molecule has 3 nitrogen and oxygen atoms in total. The second-order valence-corrected chi connectivity index (χ2v) is 3.96. The van der Waals surface area contributed by atoms with Gasteiger partial charge in [-0.3, -0.25) is 0 Å². The first-order valence-corrected chi connectivity index (χ1v) is 5.45. The molecule has 0 aliphatic rings. The van der Waals surface area contributed by atoms with Gasteiger partial charge in [-0.25, -0.2) is 0 Å². The van der Waals surface area contributed by atoms with Gasteiger partial charge in [0.05, 0.1) is 5.56 Å². The quantitative estimate of drug-likeness (QED) is 0.907. The van der Waals surface area contributed by atoms with E-state index in [1.54, 1.807) is 30.3 Å². The largest absolute Gasteiger partial charge is 0.417 e. The third-order valence-corrected chi connectivity index (χ3v) is 2.71. The first-order valence-electron chi connectivity index (χ1n) is 5.45. The zero-order chi connectivity index (χ0) is 14.0. The Morgan fingerprint density at radius 1 is 1.21 bits per heavy atom. The molecule has 0 aliphatic heterocycles. The van der Waals surface area contributed by atoms with Crippen molar-refractivity contribution < 1.29 is 13.2 Å². The minimum Gasteiger partial charge on any atom is -0.326 e. The van der Waals surface area contributed by atoms with E-state index in [0.29, 0.717) is 12.2 Å². The Labute approximate surface area is 107 Å². The number of rotatable bonds is 2. The highest BCUT2D eigenvalue weighted by molar-refractivity contribution is 5.43. The lowest BCUT2D eigenvalue weighted by molar-refractivity contribution is -0.137. The molecule has 0 radical (unpaired) electrons. The standard InChI is InChI=1S/C13H10F3N3/c14-13(15,16)10-5-12(7-18)19(8-10)11-3-1-9(6-17)2-4-11/h1-5,8H,6,17H2. The van der Waals surface area contributed by atoms with Crippen LogP contribution in [0.3, 0.4) is 0 Å². The molecule has 1 heterocycles. The maximum absolute atomic E-state index is 12.6. The van der Waals surface area contributed by atoms with Crippen LogP contribution in [0.5, 0.6) is 0 Å². The summed E-state index contributed by atoms with van der Waals surface area (Å²) in [5.74, 6) is 0. The Balaban J connectivity index is 2.49. The van der Waals surface area contributed by atoms with Crippen molar-refractivity contribution in [2.24, 2.45) is 5.73 Å². The summed E-state index contributed by atoms with van der Waals surface area (Å²) < 4.78 is 39.0. The molecule has 0 saturated carbocycles. The molecule has 19 heavy (non-hydrogen) atoms. The third-order valence-electron chi connectivity index (χ3n) is 2.71. The van der Waals surface area contributed by atoms with Crippen LogP contribution in [-0.4, -0.2) is 4.57 Å². The van der Waals surface area contributed by atoms with Crippen LogP contribution in [0.2, 0.25) is 0 Å². The van der Waals surface area contributed by atoms with Gasteiger partial charge in [-0.15, -0.1) is 0 Å². The Morgan fingerprint density at radius 2 is 1.84 bits per heavy atom. The van der Waals surface area contributed by atoms with E-state index >= 15 is 0 Å². The van der Waals surface area contributed by atoms with Crippen molar-refractivity contribution in [1.29, 1.82) is 5.26 Å². The summed E-state index contributed by atoms with van der Waals surface area (Å²) in [7, 11) is 0. The summed E-state index contributed by atoms with van der Waals surface area (Å²) in [4.78, 5) is 0. The van der Waals surface area contributed by atoms with Gasteiger partial charge in [0, 0.05) is 18.4 Å². The topological polar surface area (TPSA) is 54.7 Å². The maximum atomic E-state index is 12.6. The van der Waals surface area contributed by atoms with E-state index in [1.807, 2.05) is 0 Å². The predicted octanol–water partition coefficient (Wildman–Crippen LogP) is 2.83. The fourth-order valence-electron chi connectivity index (χ4n) is 1.71. The minimum absolute atomic E-state index is 0.0622. The maximum Gasteiger partial charge on any atom is 0.417 e. The van der Waals surface area contributed by atoms with E-state index in [1.165, 1.54) is 4.57 Å². The zero-order valence-corrected chi connectivity index (χ0v) is 9.78. The van der Waals surface area contributed by atoms with Gasteiger partial charge in [0.1, 0.15) is 11.8 Å². The molecule has 0 atom stereocenters.